The second-order valence-corrected chi connectivity index (χ2v) is 6.10. The van der Waals surface area contributed by atoms with Gasteiger partial charge in [-0.2, -0.15) is 0 Å². The average molecular weight is 362 g/mol. The Bertz CT molecular complexity index is 427. The van der Waals surface area contributed by atoms with Crippen molar-refractivity contribution >= 4 is 51.0 Å². The van der Waals surface area contributed by atoms with Crippen molar-refractivity contribution in [2.75, 3.05) is 0 Å². The molecule has 8 heteroatoms. The van der Waals surface area contributed by atoms with Crippen molar-refractivity contribution < 1.29 is 13.7 Å². The second-order valence-electron chi connectivity index (χ2n) is 2.55. The van der Waals surface area contributed by atoms with E-state index in [4.69, 9.17) is 16.2 Å². The smallest absolute Gasteiger partial charge is 0.276 e. The van der Waals surface area contributed by atoms with Crippen LogP contribution in [0.2, 0.25) is 5.02 Å². The summed E-state index contributed by atoms with van der Waals surface area (Å²) in [7, 11) is 0. The van der Waals surface area contributed by atoms with Gasteiger partial charge < -0.3 is 4.55 Å². The summed E-state index contributed by atoms with van der Waals surface area (Å²) in [6, 6.07) is 3.99. The summed E-state index contributed by atoms with van der Waals surface area (Å²) < 4.78 is 18.8. The SMILES string of the molecule is O=[N+]([O-])c1cc(Cl)ccc1C(I)S(=O)O. The van der Waals surface area contributed by atoms with Gasteiger partial charge in [0.05, 0.1) is 10.5 Å². The molecule has 0 bridgehead atoms. The first-order chi connectivity index (χ1) is 6.93. The fourth-order valence-corrected chi connectivity index (χ4v) is 2.09. The summed E-state index contributed by atoms with van der Waals surface area (Å²) in [6.45, 7) is 0. The van der Waals surface area contributed by atoms with Gasteiger partial charge in [0.2, 0.25) is 0 Å². The van der Waals surface area contributed by atoms with Gasteiger partial charge >= 0.3 is 0 Å². The molecule has 0 aliphatic heterocycles. The molecule has 0 saturated heterocycles. The van der Waals surface area contributed by atoms with Gasteiger partial charge in [0, 0.05) is 11.1 Å². The van der Waals surface area contributed by atoms with E-state index in [1.54, 1.807) is 22.6 Å². The molecule has 15 heavy (non-hydrogen) atoms. The summed E-state index contributed by atoms with van der Waals surface area (Å²) in [5, 5.41) is 10.9. The van der Waals surface area contributed by atoms with E-state index < -0.39 is 19.3 Å². The average Bonchev–Trinajstić information content (AvgIpc) is 2.16. The minimum atomic E-state index is -2.16. The molecule has 2 unspecified atom stereocenters. The van der Waals surface area contributed by atoms with Crippen molar-refractivity contribution in [2.45, 2.75) is 3.26 Å². The van der Waals surface area contributed by atoms with Gasteiger partial charge in [-0.15, -0.1) is 0 Å². The molecule has 1 rings (SSSR count). The number of hydrogen-bond acceptors (Lipinski definition) is 3. The molecule has 0 radical (unpaired) electrons. The maximum absolute atomic E-state index is 10.8. The van der Waals surface area contributed by atoms with Crippen LogP contribution in [0, 0.1) is 10.1 Å². The first-order valence-electron chi connectivity index (χ1n) is 3.61. The third-order valence-corrected chi connectivity index (χ3v) is 4.43. The standard InChI is InChI=1S/C7H5ClINO4S/c8-4-1-2-5(7(9)15(13)14)6(3-4)10(11)12/h1-3,7H,(H,13,14). The van der Waals surface area contributed by atoms with E-state index in [9.17, 15) is 14.3 Å². The lowest BCUT2D eigenvalue weighted by Crippen LogP contribution is -2.02. The monoisotopic (exact) mass is 361 g/mol. The summed E-state index contributed by atoms with van der Waals surface area (Å²) in [5.74, 6) is 0. The van der Waals surface area contributed by atoms with Crippen LogP contribution in [-0.2, 0) is 11.1 Å². The lowest BCUT2D eigenvalue weighted by Gasteiger charge is -2.06. The second kappa shape index (κ2) is 5.19. The van der Waals surface area contributed by atoms with Gasteiger partial charge in [-0.1, -0.05) is 34.2 Å². The Labute approximate surface area is 106 Å². The molecule has 1 aromatic rings. The summed E-state index contributed by atoms with van der Waals surface area (Å²) in [4.78, 5) is 10.0. The molecule has 0 heterocycles. The van der Waals surface area contributed by atoms with Crippen LogP contribution in [-0.4, -0.2) is 13.7 Å². The van der Waals surface area contributed by atoms with E-state index in [-0.39, 0.29) is 16.3 Å². The minimum Gasteiger partial charge on any atom is -0.305 e. The van der Waals surface area contributed by atoms with Crippen LogP contribution < -0.4 is 0 Å². The lowest BCUT2D eigenvalue weighted by molar-refractivity contribution is -0.385. The maximum atomic E-state index is 10.8. The Kier molecular flexibility index (Phi) is 4.44. The minimum absolute atomic E-state index is 0.186. The molecule has 0 aliphatic rings. The van der Waals surface area contributed by atoms with Crippen molar-refractivity contribution in [1.29, 1.82) is 0 Å². The van der Waals surface area contributed by atoms with Crippen molar-refractivity contribution in [2.24, 2.45) is 0 Å². The molecule has 0 spiro atoms. The molecule has 82 valence electrons. The van der Waals surface area contributed by atoms with Crippen molar-refractivity contribution in [1.82, 2.24) is 0 Å². The molecular weight excluding hydrogens is 357 g/mol. The largest absolute Gasteiger partial charge is 0.305 e. The van der Waals surface area contributed by atoms with Gasteiger partial charge in [-0.25, -0.2) is 4.21 Å². The molecule has 1 N–H and O–H groups in total. The van der Waals surface area contributed by atoms with E-state index >= 15 is 0 Å². The number of nitrogens with zero attached hydrogens (tertiary/aromatic N) is 1. The number of rotatable bonds is 3. The molecule has 0 amide bonds. The van der Waals surface area contributed by atoms with Gasteiger partial charge in [0.1, 0.15) is 3.26 Å². The topological polar surface area (TPSA) is 80.4 Å². The zero-order valence-electron chi connectivity index (χ0n) is 7.09. The zero-order valence-corrected chi connectivity index (χ0v) is 10.8. The number of hydrogen-bond donors (Lipinski definition) is 1. The molecule has 0 fully saturated rings. The molecule has 0 aliphatic carbocycles. The van der Waals surface area contributed by atoms with Gasteiger partial charge in [0.25, 0.3) is 5.69 Å². The first-order valence-corrected chi connectivity index (χ1v) is 6.40. The van der Waals surface area contributed by atoms with Crippen LogP contribution in [0.5, 0.6) is 0 Å². The molecule has 0 aromatic heterocycles. The highest BCUT2D eigenvalue weighted by molar-refractivity contribution is 14.1. The van der Waals surface area contributed by atoms with Crippen LogP contribution in [0.3, 0.4) is 0 Å². The van der Waals surface area contributed by atoms with Crippen molar-refractivity contribution in [3.05, 3.63) is 38.9 Å². The molecule has 2 atom stereocenters. The Morgan fingerprint density at radius 1 is 1.60 bits per heavy atom. The molecule has 1 aromatic carbocycles. The first kappa shape index (κ1) is 12.8. The van der Waals surface area contributed by atoms with Crippen LogP contribution >= 0.6 is 34.2 Å². The van der Waals surface area contributed by atoms with Crippen LogP contribution in [0.15, 0.2) is 18.2 Å². The van der Waals surface area contributed by atoms with Gasteiger partial charge in [0.15, 0.2) is 11.1 Å². The highest BCUT2D eigenvalue weighted by Gasteiger charge is 2.24. The van der Waals surface area contributed by atoms with E-state index in [2.05, 4.69) is 0 Å². The summed E-state index contributed by atoms with van der Waals surface area (Å²) in [6.07, 6.45) is 0. The maximum Gasteiger partial charge on any atom is 0.276 e. The number of halogens is 2. The lowest BCUT2D eigenvalue weighted by atomic mass is 10.2. The van der Waals surface area contributed by atoms with E-state index in [1.165, 1.54) is 12.1 Å². The van der Waals surface area contributed by atoms with Gasteiger partial charge in [-0.05, 0) is 12.1 Å². The predicted octanol–water partition coefficient (Wildman–Crippen LogP) is 2.90. The number of alkyl halides is 1. The third kappa shape index (κ3) is 3.10. The highest BCUT2D eigenvalue weighted by atomic mass is 127. The Morgan fingerprint density at radius 2 is 2.20 bits per heavy atom. The fourth-order valence-electron chi connectivity index (χ4n) is 0.975. The number of benzene rings is 1. The van der Waals surface area contributed by atoms with E-state index in [0.29, 0.717) is 0 Å². The quantitative estimate of drug-likeness (QED) is 0.295. The Balaban J connectivity index is 3.28. The predicted molar refractivity (Wildman–Crippen MR) is 65.6 cm³/mol. The van der Waals surface area contributed by atoms with Crippen molar-refractivity contribution in [3.63, 3.8) is 0 Å². The Morgan fingerprint density at radius 3 is 2.67 bits per heavy atom. The highest BCUT2D eigenvalue weighted by Crippen LogP contribution is 2.34. The van der Waals surface area contributed by atoms with Crippen LogP contribution in [0.25, 0.3) is 0 Å². The van der Waals surface area contributed by atoms with Crippen LogP contribution in [0.4, 0.5) is 5.69 Å². The Hall–Kier alpha value is -0.250. The number of nitro groups is 1. The van der Waals surface area contributed by atoms with Crippen molar-refractivity contribution in [3.8, 4) is 0 Å². The summed E-state index contributed by atoms with van der Waals surface area (Å²) in [5.41, 5.74) is -0.0601. The normalized spacial score (nSPS) is 14.6. The fraction of sp³-hybridized carbons (Fsp3) is 0.143. The third-order valence-electron chi connectivity index (χ3n) is 1.61. The van der Waals surface area contributed by atoms with Gasteiger partial charge in [-0.3, -0.25) is 10.1 Å². The molecular formula is C7H5ClINO4S. The molecule has 5 nitrogen and oxygen atoms in total. The molecule has 0 saturated carbocycles. The van der Waals surface area contributed by atoms with Crippen LogP contribution in [0.1, 0.15) is 8.82 Å². The summed E-state index contributed by atoms with van der Waals surface area (Å²) >= 11 is 5.11. The van der Waals surface area contributed by atoms with E-state index in [1.807, 2.05) is 0 Å². The number of nitro benzene ring substituents is 1. The zero-order chi connectivity index (χ0) is 11.6. The van der Waals surface area contributed by atoms with E-state index in [0.717, 1.165) is 6.07 Å².